The van der Waals surface area contributed by atoms with E-state index in [2.05, 4.69) is 12.2 Å². The molecule has 5 heteroatoms. The van der Waals surface area contributed by atoms with Gasteiger partial charge in [0.05, 0.1) is 13.2 Å². The number of anilines is 1. The normalized spacial score (nSPS) is 10.6. The van der Waals surface area contributed by atoms with Gasteiger partial charge in [-0.25, -0.2) is 0 Å². The first kappa shape index (κ1) is 16.6. The molecule has 0 atom stereocenters. The van der Waals surface area contributed by atoms with Gasteiger partial charge < -0.3 is 20.3 Å². The second-order valence-electron chi connectivity index (χ2n) is 4.61. The number of ether oxygens (including phenoxy) is 1. The van der Waals surface area contributed by atoms with Crippen LogP contribution in [0, 0.1) is 0 Å². The molecular formula is C15H23NO4. The first-order chi connectivity index (χ1) is 9.71. The van der Waals surface area contributed by atoms with E-state index in [0.717, 1.165) is 19.3 Å². The van der Waals surface area contributed by atoms with Gasteiger partial charge >= 0.3 is 0 Å². The highest BCUT2D eigenvalue weighted by Crippen LogP contribution is 2.16. The number of hydrogen-bond acceptors (Lipinski definition) is 4. The first-order valence-corrected chi connectivity index (χ1v) is 6.92. The van der Waals surface area contributed by atoms with E-state index in [1.165, 1.54) is 0 Å². The molecule has 20 heavy (non-hydrogen) atoms. The number of benzene rings is 1. The van der Waals surface area contributed by atoms with Crippen molar-refractivity contribution < 1.29 is 19.7 Å². The quantitative estimate of drug-likeness (QED) is 0.603. The molecule has 0 aliphatic rings. The molecule has 0 spiro atoms. The number of amides is 1. The van der Waals surface area contributed by atoms with E-state index < -0.39 is 0 Å². The molecule has 1 aromatic carbocycles. The van der Waals surface area contributed by atoms with E-state index in [4.69, 9.17) is 9.84 Å². The lowest BCUT2D eigenvalue weighted by molar-refractivity contribution is -0.120. The number of aliphatic hydroxyl groups is 2. The number of aliphatic hydroxyl groups excluding tert-OH is 2. The van der Waals surface area contributed by atoms with Crippen molar-refractivity contribution in [3.8, 4) is 0 Å². The third-order valence-electron chi connectivity index (χ3n) is 2.96. The van der Waals surface area contributed by atoms with Crippen LogP contribution in [0.15, 0.2) is 18.2 Å². The molecule has 0 saturated heterocycles. The fraction of sp³-hybridized carbons (Fsp3) is 0.533. The zero-order valence-electron chi connectivity index (χ0n) is 11.9. The van der Waals surface area contributed by atoms with Crippen LogP contribution in [-0.4, -0.2) is 29.3 Å². The van der Waals surface area contributed by atoms with Crippen LogP contribution in [0.3, 0.4) is 0 Å². The van der Waals surface area contributed by atoms with Gasteiger partial charge in [0.2, 0.25) is 5.91 Å². The predicted octanol–water partition coefficient (Wildman–Crippen LogP) is 1.82. The van der Waals surface area contributed by atoms with Gasteiger partial charge in [0.15, 0.2) is 0 Å². The van der Waals surface area contributed by atoms with Crippen LogP contribution in [0.25, 0.3) is 0 Å². The monoisotopic (exact) mass is 281 g/mol. The average Bonchev–Trinajstić information content (AvgIpc) is 2.46. The second kappa shape index (κ2) is 9.47. The van der Waals surface area contributed by atoms with E-state index >= 15 is 0 Å². The third kappa shape index (κ3) is 5.69. The number of rotatable bonds is 9. The van der Waals surface area contributed by atoms with Crippen molar-refractivity contribution in [2.45, 2.75) is 39.4 Å². The smallest absolute Gasteiger partial charge is 0.250 e. The summed E-state index contributed by atoms with van der Waals surface area (Å²) < 4.78 is 5.27. The average molecular weight is 281 g/mol. The Morgan fingerprint density at radius 1 is 1.20 bits per heavy atom. The van der Waals surface area contributed by atoms with Gasteiger partial charge in [0, 0.05) is 12.3 Å². The Labute approximate surface area is 119 Å². The molecule has 1 amide bonds. The van der Waals surface area contributed by atoms with Crippen molar-refractivity contribution >= 4 is 11.6 Å². The summed E-state index contributed by atoms with van der Waals surface area (Å²) >= 11 is 0. The summed E-state index contributed by atoms with van der Waals surface area (Å²) in [6.07, 6.45) is 3.18. The molecule has 0 saturated carbocycles. The number of nitrogens with one attached hydrogen (secondary N) is 1. The topological polar surface area (TPSA) is 78.8 Å². The number of carbonyl (C=O) groups is 1. The molecule has 0 aromatic heterocycles. The Kier molecular flexibility index (Phi) is 7.87. The summed E-state index contributed by atoms with van der Waals surface area (Å²) in [7, 11) is 0. The van der Waals surface area contributed by atoms with Crippen LogP contribution >= 0.6 is 0 Å². The summed E-state index contributed by atoms with van der Waals surface area (Å²) in [6, 6.07) is 5.03. The zero-order valence-corrected chi connectivity index (χ0v) is 11.9. The molecule has 5 nitrogen and oxygen atoms in total. The Hall–Kier alpha value is -1.43. The lowest BCUT2D eigenvalue weighted by atomic mass is 10.1. The minimum atomic E-state index is -0.220. The van der Waals surface area contributed by atoms with E-state index in [9.17, 15) is 9.90 Å². The standard InChI is InChI=1S/C15H23NO4/c1-2-3-4-7-20-11-15(19)16-14-6-5-12(9-17)13(8-14)10-18/h5-6,8,17-18H,2-4,7,9-11H2,1H3,(H,16,19). The van der Waals surface area contributed by atoms with Crippen LogP contribution < -0.4 is 5.32 Å². The fourth-order valence-corrected chi connectivity index (χ4v) is 1.82. The maximum Gasteiger partial charge on any atom is 0.250 e. The molecule has 0 fully saturated rings. The molecule has 3 N–H and O–H groups in total. The van der Waals surface area contributed by atoms with Gasteiger partial charge in [-0.1, -0.05) is 25.8 Å². The zero-order chi connectivity index (χ0) is 14.8. The molecule has 1 rings (SSSR count). The predicted molar refractivity (Wildman–Crippen MR) is 77.3 cm³/mol. The van der Waals surface area contributed by atoms with E-state index in [1.807, 2.05) is 0 Å². The van der Waals surface area contributed by atoms with Crippen molar-refractivity contribution in [3.63, 3.8) is 0 Å². The van der Waals surface area contributed by atoms with E-state index in [1.54, 1.807) is 18.2 Å². The van der Waals surface area contributed by atoms with Crippen molar-refractivity contribution in [1.29, 1.82) is 0 Å². The molecule has 0 radical (unpaired) electrons. The Morgan fingerprint density at radius 3 is 2.60 bits per heavy atom. The van der Waals surface area contributed by atoms with E-state index in [0.29, 0.717) is 23.4 Å². The molecule has 1 aromatic rings. The van der Waals surface area contributed by atoms with Crippen molar-refractivity contribution in [2.75, 3.05) is 18.5 Å². The van der Waals surface area contributed by atoms with Crippen LogP contribution in [0.4, 0.5) is 5.69 Å². The number of hydrogen-bond donors (Lipinski definition) is 3. The summed E-state index contributed by atoms with van der Waals surface area (Å²) in [6.45, 7) is 2.42. The number of unbranched alkanes of at least 4 members (excludes halogenated alkanes) is 2. The molecule has 0 bridgehead atoms. The first-order valence-electron chi connectivity index (χ1n) is 6.92. The largest absolute Gasteiger partial charge is 0.392 e. The molecule has 112 valence electrons. The Morgan fingerprint density at radius 2 is 1.95 bits per heavy atom. The van der Waals surface area contributed by atoms with Gasteiger partial charge in [0.25, 0.3) is 0 Å². The number of carbonyl (C=O) groups excluding carboxylic acids is 1. The Balaban J connectivity index is 2.41. The van der Waals surface area contributed by atoms with Gasteiger partial charge in [-0.05, 0) is 29.7 Å². The summed E-state index contributed by atoms with van der Waals surface area (Å²) in [5.74, 6) is -0.220. The minimum Gasteiger partial charge on any atom is -0.392 e. The van der Waals surface area contributed by atoms with E-state index in [-0.39, 0.29) is 25.7 Å². The highest BCUT2D eigenvalue weighted by molar-refractivity contribution is 5.91. The molecular weight excluding hydrogens is 258 g/mol. The summed E-state index contributed by atoms with van der Waals surface area (Å²) in [4.78, 5) is 11.7. The summed E-state index contributed by atoms with van der Waals surface area (Å²) in [5, 5.41) is 21.0. The highest BCUT2D eigenvalue weighted by atomic mass is 16.5. The van der Waals surface area contributed by atoms with Gasteiger partial charge in [-0.15, -0.1) is 0 Å². The fourth-order valence-electron chi connectivity index (χ4n) is 1.82. The van der Waals surface area contributed by atoms with Gasteiger partial charge in [-0.3, -0.25) is 4.79 Å². The van der Waals surface area contributed by atoms with Crippen LogP contribution in [0.1, 0.15) is 37.3 Å². The molecule has 0 aliphatic heterocycles. The third-order valence-corrected chi connectivity index (χ3v) is 2.96. The molecule has 0 heterocycles. The SMILES string of the molecule is CCCCCOCC(=O)Nc1ccc(CO)c(CO)c1. The summed E-state index contributed by atoms with van der Waals surface area (Å²) in [5.41, 5.74) is 1.85. The Bertz CT molecular complexity index is 420. The van der Waals surface area contributed by atoms with Gasteiger partial charge in [0.1, 0.15) is 6.61 Å². The minimum absolute atomic E-state index is 0.0277. The van der Waals surface area contributed by atoms with Crippen molar-refractivity contribution in [2.24, 2.45) is 0 Å². The second-order valence-corrected chi connectivity index (χ2v) is 4.61. The van der Waals surface area contributed by atoms with Gasteiger partial charge in [-0.2, -0.15) is 0 Å². The van der Waals surface area contributed by atoms with Crippen LogP contribution in [0.5, 0.6) is 0 Å². The maximum atomic E-state index is 11.7. The van der Waals surface area contributed by atoms with Crippen LogP contribution in [0.2, 0.25) is 0 Å². The maximum absolute atomic E-state index is 11.7. The van der Waals surface area contributed by atoms with Crippen molar-refractivity contribution in [3.05, 3.63) is 29.3 Å². The molecule has 0 aliphatic carbocycles. The van der Waals surface area contributed by atoms with Crippen LogP contribution in [-0.2, 0) is 22.7 Å². The van der Waals surface area contributed by atoms with Crippen molar-refractivity contribution in [1.82, 2.24) is 0 Å². The highest BCUT2D eigenvalue weighted by Gasteiger charge is 2.06. The lowest BCUT2D eigenvalue weighted by Crippen LogP contribution is -2.18. The lowest BCUT2D eigenvalue weighted by Gasteiger charge is -2.10. The molecule has 0 unspecified atom stereocenters.